The summed E-state index contributed by atoms with van der Waals surface area (Å²) in [5.41, 5.74) is 5.16. The predicted octanol–water partition coefficient (Wildman–Crippen LogP) is 5.34. The van der Waals surface area contributed by atoms with E-state index in [0.29, 0.717) is 33.1 Å². The van der Waals surface area contributed by atoms with E-state index in [1.807, 2.05) is 42.3 Å². The summed E-state index contributed by atoms with van der Waals surface area (Å²) in [6.45, 7) is 3.36. The van der Waals surface area contributed by atoms with Gasteiger partial charge in [0.25, 0.3) is 5.91 Å². The summed E-state index contributed by atoms with van der Waals surface area (Å²) in [7, 11) is 1.67. The Morgan fingerprint density at radius 1 is 1.16 bits per heavy atom. The first kappa shape index (κ1) is 23.3. The number of amides is 1. The van der Waals surface area contributed by atoms with Gasteiger partial charge in [-0.2, -0.15) is 5.10 Å². The topological polar surface area (TPSA) is 57.2 Å². The number of hydrogen-bond donors (Lipinski definition) is 1. The lowest BCUT2D eigenvalue weighted by atomic mass is 9.91. The van der Waals surface area contributed by atoms with E-state index < -0.39 is 0 Å². The zero-order valence-corrected chi connectivity index (χ0v) is 20.2. The highest BCUT2D eigenvalue weighted by atomic mass is 35.5. The molecule has 0 saturated carbocycles. The maximum absolute atomic E-state index is 13.3. The molecule has 2 aliphatic rings. The average Bonchev–Trinajstić information content (AvgIpc) is 3.33. The maximum atomic E-state index is 13.3. The van der Waals surface area contributed by atoms with Gasteiger partial charge in [0, 0.05) is 29.6 Å². The second-order valence-corrected chi connectivity index (χ2v) is 9.38. The van der Waals surface area contributed by atoms with Gasteiger partial charge in [0.1, 0.15) is 5.71 Å². The largest absolute Gasteiger partial charge is 0.383 e. The molecule has 32 heavy (non-hydrogen) atoms. The predicted molar refractivity (Wildman–Crippen MR) is 129 cm³/mol. The van der Waals surface area contributed by atoms with Crippen molar-refractivity contribution in [1.29, 1.82) is 0 Å². The van der Waals surface area contributed by atoms with Gasteiger partial charge in [0.2, 0.25) is 0 Å². The zero-order valence-electron chi connectivity index (χ0n) is 17.9. The summed E-state index contributed by atoms with van der Waals surface area (Å²) in [4.78, 5) is 13.3. The number of carbonyl (C=O) groups excluding carboxylic acids is 1. The van der Waals surface area contributed by atoms with Crippen LogP contribution >= 0.6 is 34.8 Å². The molecule has 0 bridgehead atoms. The molecule has 1 unspecified atom stereocenters. The maximum Gasteiger partial charge on any atom is 0.282 e. The Balaban J connectivity index is 1.66. The molecule has 1 saturated heterocycles. The zero-order chi connectivity index (χ0) is 22.8. The summed E-state index contributed by atoms with van der Waals surface area (Å²) >= 11 is 18.7. The van der Waals surface area contributed by atoms with Crippen LogP contribution in [0.1, 0.15) is 31.4 Å². The summed E-state index contributed by atoms with van der Waals surface area (Å²) in [6.07, 6.45) is 1.99. The van der Waals surface area contributed by atoms with Crippen molar-refractivity contribution in [3.05, 3.63) is 63.1 Å². The van der Waals surface area contributed by atoms with E-state index in [1.165, 1.54) is 0 Å². The summed E-state index contributed by atoms with van der Waals surface area (Å²) < 4.78 is 5.30. The van der Waals surface area contributed by atoms with E-state index in [0.717, 1.165) is 24.9 Å². The Kier molecular flexibility index (Phi) is 7.27. The fourth-order valence-corrected chi connectivity index (χ4v) is 5.00. The minimum atomic E-state index is -0.222. The third-order valence-electron chi connectivity index (χ3n) is 5.97. The normalized spacial score (nSPS) is 23.5. The fourth-order valence-electron chi connectivity index (χ4n) is 4.38. The molecule has 1 fully saturated rings. The molecular formula is C23H25Cl3N4O2. The van der Waals surface area contributed by atoms with Crippen molar-refractivity contribution < 1.29 is 9.53 Å². The molecular weight excluding hydrogens is 471 g/mol. The molecule has 1 amide bonds. The third kappa shape index (κ3) is 4.75. The number of nitrogens with one attached hydrogen (secondary N) is 1. The molecule has 9 heteroatoms. The number of hydrazine groups is 1. The third-order valence-corrected chi connectivity index (χ3v) is 6.76. The quantitative estimate of drug-likeness (QED) is 0.587. The van der Waals surface area contributed by atoms with Crippen LogP contribution in [0.15, 0.2) is 47.6 Å². The first-order chi connectivity index (χ1) is 15.4. The molecule has 3 atom stereocenters. The lowest BCUT2D eigenvalue weighted by Crippen LogP contribution is -2.49. The van der Waals surface area contributed by atoms with E-state index >= 15 is 0 Å². The minimum absolute atomic E-state index is 0.162. The number of carbonyl (C=O) groups is 1. The van der Waals surface area contributed by atoms with E-state index in [9.17, 15) is 4.79 Å². The van der Waals surface area contributed by atoms with Gasteiger partial charge in [0.15, 0.2) is 0 Å². The van der Waals surface area contributed by atoms with Gasteiger partial charge < -0.3 is 4.74 Å². The Morgan fingerprint density at radius 2 is 1.88 bits per heavy atom. The van der Waals surface area contributed by atoms with Crippen LogP contribution in [-0.4, -0.2) is 42.9 Å². The van der Waals surface area contributed by atoms with Crippen LogP contribution in [0.3, 0.4) is 0 Å². The van der Waals surface area contributed by atoms with Crippen LogP contribution in [-0.2, 0) is 9.53 Å². The molecule has 0 aromatic heterocycles. The second-order valence-electron chi connectivity index (χ2n) is 8.10. The number of halogens is 3. The van der Waals surface area contributed by atoms with Crippen LogP contribution in [0, 0.1) is 5.92 Å². The minimum Gasteiger partial charge on any atom is -0.383 e. The molecule has 0 spiro atoms. The van der Waals surface area contributed by atoms with Gasteiger partial charge in [-0.05, 0) is 48.7 Å². The van der Waals surface area contributed by atoms with E-state index in [2.05, 4.69) is 5.43 Å². The molecule has 2 heterocycles. The lowest BCUT2D eigenvalue weighted by Gasteiger charge is -2.28. The van der Waals surface area contributed by atoms with Gasteiger partial charge in [0.05, 0.1) is 29.4 Å². The van der Waals surface area contributed by atoms with Crippen molar-refractivity contribution in [1.82, 2.24) is 10.4 Å². The Morgan fingerprint density at radius 3 is 2.56 bits per heavy atom. The highest BCUT2D eigenvalue weighted by molar-refractivity contribution is 6.41. The smallest absolute Gasteiger partial charge is 0.282 e. The van der Waals surface area contributed by atoms with Crippen molar-refractivity contribution in [3.63, 3.8) is 0 Å². The molecule has 4 rings (SSSR count). The number of rotatable bonds is 6. The van der Waals surface area contributed by atoms with E-state index in [-0.39, 0.29) is 23.9 Å². The summed E-state index contributed by atoms with van der Waals surface area (Å²) in [5.74, 6) is -0.404. The van der Waals surface area contributed by atoms with Gasteiger partial charge in [-0.3, -0.25) is 15.2 Å². The van der Waals surface area contributed by atoms with Crippen molar-refractivity contribution in [2.75, 3.05) is 25.3 Å². The number of ether oxygens (including phenoxy) is 1. The number of hydrogen-bond acceptors (Lipinski definition) is 5. The summed E-state index contributed by atoms with van der Waals surface area (Å²) in [5, 5.41) is 10.1. The number of anilines is 1. The summed E-state index contributed by atoms with van der Waals surface area (Å²) in [6, 6.07) is 12.8. The van der Waals surface area contributed by atoms with Crippen LogP contribution < -0.4 is 10.4 Å². The average molecular weight is 496 g/mol. The van der Waals surface area contributed by atoms with Crippen LogP contribution in [0.2, 0.25) is 15.1 Å². The van der Waals surface area contributed by atoms with E-state index in [4.69, 9.17) is 44.6 Å². The van der Waals surface area contributed by atoms with Crippen LogP contribution in [0.25, 0.3) is 0 Å². The molecule has 1 N–H and O–H groups in total. The van der Waals surface area contributed by atoms with Gasteiger partial charge in [-0.25, -0.2) is 5.01 Å². The molecule has 0 radical (unpaired) electrons. The van der Waals surface area contributed by atoms with Crippen LogP contribution in [0.4, 0.5) is 5.69 Å². The highest BCUT2D eigenvalue weighted by Crippen LogP contribution is 2.42. The number of methoxy groups -OCH3 is 1. The van der Waals surface area contributed by atoms with E-state index in [1.54, 1.807) is 24.3 Å². The SMILES string of the molecule is COCC1CCCN1NC(=O)C1=NN(c2ccc(Cl)cc2Cl)[C@@H](c2ccc(Cl)cc2)[C@H]1C. The van der Waals surface area contributed by atoms with Gasteiger partial charge in [-0.15, -0.1) is 0 Å². The fraction of sp³-hybridized carbons (Fsp3) is 0.391. The number of benzene rings is 2. The van der Waals surface area contributed by atoms with Crippen molar-refractivity contribution in [2.24, 2.45) is 11.0 Å². The molecule has 2 aromatic carbocycles. The van der Waals surface area contributed by atoms with Crippen molar-refractivity contribution >= 4 is 52.1 Å². The first-order valence-corrected chi connectivity index (χ1v) is 11.7. The Bertz CT molecular complexity index is 1010. The highest BCUT2D eigenvalue weighted by Gasteiger charge is 2.41. The van der Waals surface area contributed by atoms with Gasteiger partial charge >= 0.3 is 0 Å². The Hall–Kier alpha value is -1.83. The van der Waals surface area contributed by atoms with Crippen LogP contribution in [0.5, 0.6) is 0 Å². The monoisotopic (exact) mass is 494 g/mol. The Labute approximate surface area is 203 Å². The lowest BCUT2D eigenvalue weighted by molar-refractivity contribution is -0.120. The first-order valence-electron chi connectivity index (χ1n) is 10.5. The second kappa shape index (κ2) is 9.98. The standard InChI is InChI=1S/C23H25Cl3N4O2/c1-14-21(23(31)28-29-11-3-4-18(29)13-32-2)27-30(20-10-9-17(25)12-19(20)26)22(14)15-5-7-16(24)8-6-15/h5-10,12,14,18,22H,3-4,11,13H2,1-2H3,(H,28,31)/t14-,18?,22+/m0/s1. The van der Waals surface area contributed by atoms with Gasteiger partial charge in [-0.1, -0.05) is 53.9 Å². The number of hydrazone groups is 1. The molecule has 6 nitrogen and oxygen atoms in total. The molecule has 170 valence electrons. The molecule has 2 aromatic rings. The number of nitrogens with zero attached hydrogens (tertiary/aromatic N) is 3. The van der Waals surface area contributed by atoms with Crippen molar-refractivity contribution in [2.45, 2.75) is 31.8 Å². The molecule has 0 aliphatic carbocycles. The van der Waals surface area contributed by atoms with Crippen molar-refractivity contribution in [3.8, 4) is 0 Å². The molecule has 2 aliphatic heterocycles.